The van der Waals surface area contributed by atoms with Crippen LogP contribution in [0.15, 0.2) is 0 Å². The monoisotopic (exact) mass is 186 g/mol. The van der Waals surface area contributed by atoms with Crippen LogP contribution in [0.5, 0.6) is 0 Å². The molecule has 2 N–H and O–H groups in total. The third-order valence-electron chi connectivity index (χ3n) is 2.32. The number of aliphatic carboxylic acids is 1. The number of carbonyl (C=O) groups is 2. The van der Waals surface area contributed by atoms with E-state index in [4.69, 9.17) is 5.11 Å². The molecule has 0 aromatic rings. The van der Waals surface area contributed by atoms with Crippen molar-refractivity contribution >= 4 is 11.9 Å². The van der Waals surface area contributed by atoms with E-state index in [0.29, 0.717) is 13.1 Å². The van der Waals surface area contributed by atoms with Crippen molar-refractivity contribution in [3.63, 3.8) is 0 Å². The highest BCUT2D eigenvalue weighted by atomic mass is 16.4. The average Bonchev–Trinajstić information content (AvgIpc) is 2.04. The number of nitrogens with zero attached hydrogens (tertiary/aromatic N) is 1. The minimum Gasteiger partial charge on any atom is -0.480 e. The van der Waals surface area contributed by atoms with Gasteiger partial charge in [-0.1, -0.05) is 0 Å². The summed E-state index contributed by atoms with van der Waals surface area (Å²) in [5.41, 5.74) is -0.996. The summed E-state index contributed by atoms with van der Waals surface area (Å²) in [6, 6.07) is 0. The van der Waals surface area contributed by atoms with Crippen molar-refractivity contribution in [2.75, 3.05) is 19.6 Å². The molecule has 74 valence electrons. The van der Waals surface area contributed by atoms with E-state index in [1.54, 1.807) is 11.8 Å². The maximum atomic E-state index is 11.0. The molecule has 0 aromatic heterocycles. The van der Waals surface area contributed by atoms with Crippen LogP contribution in [-0.4, -0.2) is 47.1 Å². The van der Waals surface area contributed by atoms with Crippen molar-refractivity contribution in [1.82, 2.24) is 10.2 Å². The smallest absolute Gasteiger partial charge is 0.325 e. The first-order chi connectivity index (χ1) is 5.96. The molecule has 0 spiro atoms. The Morgan fingerprint density at radius 1 is 1.54 bits per heavy atom. The standard InChI is InChI=1S/C8H14N2O3/c1-6(11)10-4-3-9-8(2,5-10)7(12)13/h9H,3-5H2,1-2H3,(H,12,13). The zero-order chi connectivity index (χ0) is 10.1. The lowest BCUT2D eigenvalue weighted by atomic mass is 9.99. The largest absolute Gasteiger partial charge is 0.480 e. The fraction of sp³-hybridized carbons (Fsp3) is 0.750. The lowest BCUT2D eigenvalue weighted by Crippen LogP contribution is -2.63. The summed E-state index contributed by atoms with van der Waals surface area (Å²) in [5.74, 6) is -0.993. The average molecular weight is 186 g/mol. The van der Waals surface area contributed by atoms with Crippen LogP contribution in [0, 0.1) is 0 Å². The van der Waals surface area contributed by atoms with Crippen LogP contribution < -0.4 is 5.32 Å². The molecule has 5 nitrogen and oxygen atoms in total. The van der Waals surface area contributed by atoms with Crippen molar-refractivity contribution in [2.45, 2.75) is 19.4 Å². The molecule has 5 heteroatoms. The molecule has 0 bridgehead atoms. The van der Waals surface area contributed by atoms with Crippen molar-refractivity contribution in [2.24, 2.45) is 0 Å². The Balaban J connectivity index is 2.71. The van der Waals surface area contributed by atoms with Crippen molar-refractivity contribution in [3.05, 3.63) is 0 Å². The van der Waals surface area contributed by atoms with Gasteiger partial charge in [-0.15, -0.1) is 0 Å². The van der Waals surface area contributed by atoms with Gasteiger partial charge in [0.1, 0.15) is 5.54 Å². The van der Waals surface area contributed by atoms with Gasteiger partial charge in [0.05, 0.1) is 0 Å². The van der Waals surface area contributed by atoms with E-state index in [0.717, 1.165) is 0 Å². The van der Waals surface area contributed by atoms with Gasteiger partial charge in [-0.3, -0.25) is 14.9 Å². The molecule has 13 heavy (non-hydrogen) atoms. The number of piperazine rings is 1. The third-order valence-corrected chi connectivity index (χ3v) is 2.32. The van der Waals surface area contributed by atoms with Gasteiger partial charge in [0.25, 0.3) is 0 Å². The molecular formula is C8H14N2O3. The second-order valence-corrected chi connectivity index (χ2v) is 3.50. The number of hydrogen-bond donors (Lipinski definition) is 2. The molecule has 1 fully saturated rings. The molecular weight excluding hydrogens is 172 g/mol. The fourth-order valence-corrected chi connectivity index (χ4v) is 1.40. The van der Waals surface area contributed by atoms with Gasteiger partial charge in [0.15, 0.2) is 0 Å². The van der Waals surface area contributed by atoms with Crippen LogP contribution in [0.1, 0.15) is 13.8 Å². The highest BCUT2D eigenvalue weighted by Crippen LogP contribution is 2.11. The first-order valence-corrected chi connectivity index (χ1v) is 4.20. The molecule has 0 radical (unpaired) electrons. The van der Waals surface area contributed by atoms with Gasteiger partial charge >= 0.3 is 5.97 Å². The molecule has 1 saturated heterocycles. The van der Waals surface area contributed by atoms with Crippen LogP contribution in [-0.2, 0) is 9.59 Å². The second kappa shape index (κ2) is 3.33. The summed E-state index contributed by atoms with van der Waals surface area (Å²) in [6.07, 6.45) is 0. The van der Waals surface area contributed by atoms with Gasteiger partial charge in [0.2, 0.25) is 5.91 Å². The van der Waals surface area contributed by atoms with Gasteiger partial charge in [-0.2, -0.15) is 0 Å². The molecule has 0 saturated carbocycles. The maximum absolute atomic E-state index is 11.0. The lowest BCUT2D eigenvalue weighted by molar-refractivity contribution is -0.147. The van der Waals surface area contributed by atoms with E-state index in [1.807, 2.05) is 0 Å². The Morgan fingerprint density at radius 3 is 2.62 bits per heavy atom. The van der Waals surface area contributed by atoms with Gasteiger partial charge in [-0.25, -0.2) is 0 Å². The first kappa shape index (κ1) is 9.98. The quantitative estimate of drug-likeness (QED) is 0.567. The third kappa shape index (κ3) is 1.98. The number of nitrogens with one attached hydrogen (secondary N) is 1. The summed E-state index contributed by atoms with van der Waals surface area (Å²) in [7, 11) is 0. The molecule has 1 aliphatic heterocycles. The van der Waals surface area contributed by atoms with Crippen LogP contribution in [0.3, 0.4) is 0 Å². The van der Waals surface area contributed by atoms with Gasteiger partial charge in [-0.05, 0) is 6.92 Å². The fourth-order valence-electron chi connectivity index (χ4n) is 1.40. The Kier molecular flexibility index (Phi) is 2.56. The molecule has 0 aliphatic carbocycles. The number of carboxylic acids is 1. The Labute approximate surface area is 76.7 Å². The van der Waals surface area contributed by atoms with Crippen LogP contribution >= 0.6 is 0 Å². The van der Waals surface area contributed by atoms with E-state index < -0.39 is 11.5 Å². The predicted octanol–water partition coefficient (Wildman–Crippen LogP) is -0.719. The van der Waals surface area contributed by atoms with Gasteiger partial charge in [0, 0.05) is 26.6 Å². The predicted molar refractivity (Wildman–Crippen MR) is 46.3 cm³/mol. The number of carbonyl (C=O) groups excluding carboxylic acids is 1. The molecule has 0 aromatic carbocycles. The van der Waals surface area contributed by atoms with Crippen molar-refractivity contribution in [1.29, 1.82) is 0 Å². The lowest BCUT2D eigenvalue weighted by Gasteiger charge is -2.37. The number of hydrogen-bond acceptors (Lipinski definition) is 3. The van der Waals surface area contributed by atoms with Crippen molar-refractivity contribution < 1.29 is 14.7 Å². The number of amides is 1. The topological polar surface area (TPSA) is 69.6 Å². The first-order valence-electron chi connectivity index (χ1n) is 4.20. The highest BCUT2D eigenvalue weighted by molar-refractivity contribution is 5.81. The maximum Gasteiger partial charge on any atom is 0.325 e. The SMILES string of the molecule is CC(=O)N1CCNC(C)(C(=O)O)C1. The second-order valence-electron chi connectivity index (χ2n) is 3.50. The van der Waals surface area contributed by atoms with E-state index in [2.05, 4.69) is 5.32 Å². The zero-order valence-electron chi connectivity index (χ0n) is 7.83. The van der Waals surface area contributed by atoms with Crippen LogP contribution in [0.2, 0.25) is 0 Å². The summed E-state index contributed by atoms with van der Waals surface area (Å²) in [5, 5.41) is 11.8. The summed E-state index contributed by atoms with van der Waals surface area (Å²) in [6.45, 7) is 4.39. The minimum absolute atomic E-state index is 0.0750. The molecule has 1 amide bonds. The molecule has 1 heterocycles. The van der Waals surface area contributed by atoms with Crippen LogP contribution in [0.25, 0.3) is 0 Å². The van der Waals surface area contributed by atoms with E-state index in [9.17, 15) is 9.59 Å². The summed E-state index contributed by atoms with van der Waals surface area (Å²) >= 11 is 0. The van der Waals surface area contributed by atoms with Gasteiger partial charge < -0.3 is 10.0 Å². The van der Waals surface area contributed by atoms with Crippen LogP contribution in [0.4, 0.5) is 0 Å². The normalized spacial score (nSPS) is 28.6. The molecule has 1 aliphatic rings. The molecule has 1 rings (SSSR count). The van der Waals surface area contributed by atoms with E-state index in [1.165, 1.54) is 6.92 Å². The zero-order valence-corrected chi connectivity index (χ0v) is 7.83. The Bertz CT molecular complexity index is 242. The number of carboxylic acid groups (broad SMARTS) is 1. The van der Waals surface area contributed by atoms with Crippen molar-refractivity contribution in [3.8, 4) is 0 Å². The summed E-state index contributed by atoms with van der Waals surface area (Å²) in [4.78, 5) is 23.4. The number of rotatable bonds is 1. The van der Waals surface area contributed by atoms with E-state index in [-0.39, 0.29) is 12.5 Å². The molecule has 1 unspecified atom stereocenters. The minimum atomic E-state index is -0.996. The highest BCUT2D eigenvalue weighted by Gasteiger charge is 2.38. The Morgan fingerprint density at radius 2 is 2.15 bits per heavy atom. The molecule has 1 atom stereocenters. The Hall–Kier alpha value is -1.10. The van der Waals surface area contributed by atoms with E-state index >= 15 is 0 Å². The summed E-state index contributed by atoms with van der Waals surface area (Å²) < 4.78 is 0.